The van der Waals surface area contributed by atoms with Gasteiger partial charge in [-0.1, -0.05) is 18.2 Å². The van der Waals surface area contributed by atoms with Crippen molar-refractivity contribution in [2.45, 2.75) is 44.2 Å². The molecule has 0 bridgehead atoms. The van der Waals surface area contributed by atoms with Gasteiger partial charge in [0, 0.05) is 63.5 Å². The second-order valence-electron chi connectivity index (χ2n) is 8.04. The fourth-order valence-corrected chi connectivity index (χ4v) is 4.80. The number of carbonyl (C=O) groups excluding carboxylic acids is 1. The Morgan fingerprint density at radius 3 is 2.48 bits per heavy atom. The number of benzene rings is 1. The van der Waals surface area contributed by atoms with Crippen molar-refractivity contribution in [2.24, 2.45) is 7.05 Å². The van der Waals surface area contributed by atoms with Crippen molar-refractivity contribution in [3.8, 4) is 0 Å². The van der Waals surface area contributed by atoms with Gasteiger partial charge in [0.1, 0.15) is 0 Å². The molecule has 0 atom stereocenters. The lowest BCUT2D eigenvalue weighted by Gasteiger charge is -2.41. The zero-order valence-electron chi connectivity index (χ0n) is 16.6. The average Bonchev–Trinajstić information content (AvgIpc) is 3.04. The Morgan fingerprint density at radius 1 is 1.07 bits per heavy atom. The molecule has 1 amide bonds. The molecule has 2 fully saturated rings. The lowest BCUT2D eigenvalue weighted by Crippen LogP contribution is -2.50. The summed E-state index contributed by atoms with van der Waals surface area (Å²) in [4.78, 5) is 17.6. The van der Waals surface area contributed by atoms with E-state index in [1.54, 1.807) is 0 Å². The third-order valence-corrected chi connectivity index (χ3v) is 6.46. The van der Waals surface area contributed by atoms with Crippen LogP contribution in [0.4, 0.5) is 0 Å². The molecule has 0 unspecified atom stereocenters. The number of fused-ring (bicyclic) bond motifs is 1. The number of hydrogen-bond donors (Lipinski definition) is 0. The van der Waals surface area contributed by atoms with Crippen molar-refractivity contribution in [1.82, 2.24) is 14.4 Å². The summed E-state index contributed by atoms with van der Waals surface area (Å²) in [7, 11) is 3.87. The molecular formula is C22H31N3O2. The van der Waals surface area contributed by atoms with Crippen molar-refractivity contribution in [2.75, 3.05) is 33.3 Å². The van der Waals surface area contributed by atoms with Gasteiger partial charge in [-0.25, -0.2) is 0 Å². The molecule has 0 spiro atoms. The number of piperidine rings is 2. The van der Waals surface area contributed by atoms with Gasteiger partial charge in [-0.2, -0.15) is 0 Å². The van der Waals surface area contributed by atoms with E-state index in [-0.39, 0.29) is 5.91 Å². The lowest BCUT2D eigenvalue weighted by atomic mass is 9.98. The molecule has 4 rings (SSSR count). The highest BCUT2D eigenvalue weighted by Gasteiger charge is 2.29. The number of para-hydroxylation sites is 1. The Hall–Kier alpha value is -1.85. The molecule has 3 heterocycles. The first kappa shape index (κ1) is 18.5. The SMILES string of the molecule is COC1CCN(C2CCN(C(=O)Cc3cn(C)c4ccccc34)CC2)CC1. The van der Waals surface area contributed by atoms with Crippen LogP contribution in [-0.4, -0.2) is 65.7 Å². The lowest BCUT2D eigenvalue weighted by molar-refractivity contribution is -0.132. The first-order valence-corrected chi connectivity index (χ1v) is 10.2. The van der Waals surface area contributed by atoms with Gasteiger partial charge in [-0.05, 0) is 37.3 Å². The zero-order chi connectivity index (χ0) is 18.8. The van der Waals surface area contributed by atoms with Crippen LogP contribution >= 0.6 is 0 Å². The van der Waals surface area contributed by atoms with Gasteiger partial charge < -0.3 is 19.1 Å². The summed E-state index contributed by atoms with van der Waals surface area (Å²) in [6, 6.07) is 8.96. The van der Waals surface area contributed by atoms with Gasteiger partial charge in [0.05, 0.1) is 12.5 Å². The predicted molar refractivity (Wildman–Crippen MR) is 108 cm³/mol. The molecule has 2 aromatic rings. The van der Waals surface area contributed by atoms with Crippen molar-refractivity contribution in [3.05, 3.63) is 36.0 Å². The molecule has 1 aromatic heterocycles. The van der Waals surface area contributed by atoms with E-state index >= 15 is 0 Å². The number of carbonyl (C=O) groups is 1. The second kappa shape index (κ2) is 8.03. The van der Waals surface area contributed by atoms with Gasteiger partial charge >= 0.3 is 0 Å². The Bertz CT molecular complexity index is 784. The highest BCUT2D eigenvalue weighted by molar-refractivity contribution is 5.89. The monoisotopic (exact) mass is 369 g/mol. The summed E-state index contributed by atoms with van der Waals surface area (Å²) in [5, 5.41) is 1.20. The van der Waals surface area contributed by atoms with E-state index in [1.165, 1.54) is 10.9 Å². The molecule has 1 aromatic carbocycles. The number of methoxy groups -OCH3 is 1. The number of aryl methyl sites for hydroxylation is 1. The molecule has 5 heteroatoms. The van der Waals surface area contributed by atoms with Gasteiger partial charge in [0.2, 0.25) is 5.91 Å². The number of rotatable bonds is 4. The Kier molecular flexibility index (Phi) is 5.50. The van der Waals surface area contributed by atoms with Crippen molar-refractivity contribution >= 4 is 16.8 Å². The minimum absolute atomic E-state index is 0.267. The Morgan fingerprint density at radius 2 is 1.78 bits per heavy atom. The number of nitrogens with zero attached hydrogens (tertiary/aromatic N) is 3. The van der Waals surface area contributed by atoms with Crippen LogP contribution in [0.3, 0.4) is 0 Å². The normalized spacial score (nSPS) is 20.4. The molecule has 2 saturated heterocycles. The van der Waals surface area contributed by atoms with E-state index in [9.17, 15) is 4.79 Å². The number of aromatic nitrogens is 1. The molecule has 146 valence electrons. The minimum Gasteiger partial charge on any atom is -0.381 e. The fourth-order valence-electron chi connectivity index (χ4n) is 4.80. The average molecular weight is 370 g/mol. The van der Waals surface area contributed by atoms with Crippen LogP contribution in [0.2, 0.25) is 0 Å². The third kappa shape index (κ3) is 3.90. The summed E-state index contributed by atoms with van der Waals surface area (Å²) >= 11 is 0. The van der Waals surface area contributed by atoms with Crippen LogP contribution in [0.25, 0.3) is 10.9 Å². The molecular weight excluding hydrogens is 338 g/mol. The standard InChI is InChI=1S/C22H31N3O2/c1-23-16-17(20-5-3-4-6-21(20)23)15-22(26)25-11-7-18(8-12-25)24-13-9-19(27-2)10-14-24/h3-6,16,18-19H,7-15H2,1-2H3. The van der Waals surface area contributed by atoms with Gasteiger partial charge in [-0.15, -0.1) is 0 Å². The summed E-state index contributed by atoms with van der Waals surface area (Å²) in [6.45, 7) is 4.04. The molecule has 0 radical (unpaired) electrons. The van der Waals surface area contributed by atoms with E-state index in [0.717, 1.165) is 57.4 Å². The van der Waals surface area contributed by atoms with Gasteiger partial charge in [0.25, 0.3) is 0 Å². The molecule has 0 aliphatic carbocycles. The number of amides is 1. The first-order chi connectivity index (χ1) is 13.2. The van der Waals surface area contributed by atoms with Gasteiger partial charge in [0.15, 0.2) is 0 Å². The number of hydrogen-bond acceptors (Lipinski definition) is 3. The number of likely N-dealkylation sites (tertiary alicyclic amines) is 2. The van der Waals surface area contributed by atoms with Crippen LogP contribution in [0.5, 0.6) is 0 Å². The van der Waals surface area contributed by atoms with Crippen LogP contribution < -0.4 is 0 Å². The van der Waals surface area contributed by atoms with E-state index in [2.05, 4.69) is 45.8 Å². The van der Waals surface area contributed by atoms with E-state index < -0.39 is 0 Å². The van der Waals surface area contributed by atoms with Crippen LogP contribution in [0, 0.1) is 0 Å². The quantitative estimate of drug-likeness (QED) is 0.832. The maximum atomic E-state index is 12.9. The minimum atomic E-state index is 0.267. The molecule has 2 aliphatic heterocycles. The molecule has 5 nitrogen and oxygen atoms in total. The van der Waals surface area contributed by atoms with E-state index in [1.807, 2.05) is 13.2 Å². The van der Waals surface area contributed by atoms with E-state index in [4.69, 9.17) is 4.74 Å². The summed E-state index contributed by atoms with van der Waals surface area (Å²) in [5.41, 5.74) is 2.33. The molecule has 2 aliphatic rings. The van der Waals surface area contributed by atoms with Crippen molar-refractivity contribution in [1.29, 1.82) is 0 Å². The fraction of sp³-hybridized carbons (Fsp3) is 0.591. The topological polar surface area (TPSA) is 37.7 Å². The van der Waals surface area contributed by atoms with Crippen LogP contribution in [-0.2, 0) is 23.0 Å². The summed E-state index contributed by atoms with van der Waals surface area (Å²) in [5.74, 6) is 0.267. The Balaban J connectivity index is 1.32. The maximum Gasteiger partial charge on any atom is 0.227 e. The van der Waals surface area contributed by atoms with Crippen molar-refractivity contribution in [3.63, 3.8) is 0 Å². The molecule has 0 N–H and O–H groups in total. The van der Waals surface area contributed by atoms with E-state index in [0.29, 0.717) is 18.6 Å². The predicted octanol–water partition coefficient (Wildman–Crippen LogP) is 2.82. The third-order valence-electron chi connectivity index (χ3n) is 6.46. The second-order valence-corrected chi connectivity index (χ2v) is 8.04. The molecule has 27 heavy (non-hydrogen) atoms. The molecule has 0 saturated carbocycles. The van der Waals surface area contributed by atoms with Crippen molar-refractivity contribution < 1.29 is 9.53 Å². The highest BCUT2D eigenvalue weighted by Crippen LogP contribution is 2.24. The number of ether oxygens (including phenoxy) is 1. The summed E-state index contributed by atoms with van der Waals surface area (Å²) in [6.07, 6.45) is 7.51. The summed E-state index contributed by atoms with van der Waals surface area (Å²) < 4.78 is 7.60. The smallest absolute Gasteiger partial charge is 0.227 e. The van der Waals surface area contributed by atoms with Crippen LogP contribution in [0.15, 0.2) is 30.5 Å². The maximum absolute atomic E-state index is 12.9. The van der Waals surface area contributed by atoms with Gasteiger partial charge in [-0.3, -0.25) is 4.79 Å². The largest absolute Gasteiger partial charge is 0.381 e. The highest BCUT2D eigenvalue weighted by atomic mass is 16.5. The Labute approximate surface area is 161 Å². The zero-order valence-corrected chi connectivity index (χ0v) is 16.6. The van der Waals surface area contributed by atoms with Crippen LogP contribution in [0.1, 0.15) is 31.2 Å². The first-order valence-electron chi connectivity index (χ1n) is 10.2.